The summed E-state index contributed by atoms with van der Waals surface area (Å²) in [6, 6.07) is -0.339. The van der Waals surface area contributed by atoms with Gasteiger partial charge in [0.1, 0.15) is 12.2 Å². The molecule has 9 nitrogen and oxygen atoms in total. The number of hydrogen-bond acceptors (Lipinski definition) is 7. The number of hydrogen-bond donors (Lipinski definition) is 2. The van der Waals surface area contributed by atoms with Crippen molar-refractivity contribution in [3.8, 4) is 0 Å². The third-order valence-corrected chi connectivity index (χ3v) is 3.47. The van der Waals surface area contributed by atoms with Gasteiger partial charge < -0.3 is 29.5 Å². The van der Waals surface area contributed by atoms with Crippen molar-refractivity contribution in [3.05, 3.63) is 12.7 Å². The topological polar surface area (TPSA) is 117 Å². The smallest absolute Gasteiger partial charge is 0.330 e. The maximum Gasteiger partial charge on any atom is 0.330 e. The Kier molecular flexibility index (Phi) is 8.20. The van der Waals surface area contributed by atoms with E-state index in [2.05, 4.69) is 6.58 Å². The molecule has 0 aliphatic carbocycles. The quantitative estimate of drug-likeness (QED) is 0.391. The maximum atomic E-state index is 12.3. The molecule has 0 aromatic rings. The third-order valence-electron chi connectivity index (χ3n) is 3.47. The minimum atomic E-state index is -0.842. The van der Waals surface area contributed by atoms with Gasteiger partial charge in [-0.2, -0.15) is 0 Å². The minimum absolute atomic E-state index is 0.0456. The normalized spacial score (nSPS) is 16.7. The summed E-state index contributed by atoms with van der Waals surface area (Å²) in [5.41, 5.74) is 0. The lowest BCUT2D eigenvalue weighted by atomic mass is 10.3. The van der Waals surface area contributed by atoms with E-state index in [1.54, 1.807) is 6.92 Å². The Morgan fingerprint density at radius 2 is 1.67 bits per heavy atom. The number of ether oxygens (including phenoxy) is 2. The van der Waals surface area contributed by atoms with Gasteiger partial charge >= 0.3 is 18.0 Å². The Morgan fingerprint density at radius 3 is 2.08 bits per heavy atom. The maximum absolute atomic E-state index is 12.3. The highest BCUT2D eigenvalue weighted by atomic mass is 16.6. The Balaban J connectivity index is 2.55. The average molecular weight is 344 g/mol. The van der Waals surface area contributed by atoms with E-state index >= 15 is 0 Å². The van der Waals surface area contributed by atoms with Gasteiger partial charge in [-0.1, -0.05) is 13.5 Å². The molecule has 0 saturated carbocycles. The molecule has 136 valence electrons. The van der Waals surface area contributed by atoms with E-state index in [1.807, 2.05) is 0 Å². The number of urea groups is 1. The Bertz CT molecular complexity index is 469. The molecule has 0 radical (unpaired) electrons. The number of rotatable bonds is 10. The highest BCUT2D eigenvalue weighted by molar-refractivity contribution is 5.81. The molecule has 2 amide bonds. The van der Waals surface area contributed by atoms with Crippen LogP contribution in [0.15, 0.2) is 12.7 Å². The molecule has 24 heavy (non-hydrogen) atoms. The van der Waals surface area contributed by atoms with Crippen LogP contribution in [0.25, 0.3) is 0 Å². The Labute approximate surface area is 140 Å². The summed E-state index contributed by atoms with van der Waals surface area (Å²) in [5, 5.41) is 18.5. The fourth-order valence-corrected chi connectivity index (χ4v) is 2.21. The molecule has 1 rings (SSSR count). The van der Waals surface area contributed by atoms with Crippen molar-refractivity contribution in [1.29, 1.82) is 0 Å². The molecule has 1 heterocycles. The van der Waals surface area contributed by atoms with Crippen molar-refractivity contribution in [2.24, 2.45) is 0 Å². The van der Waals surface area contributed by atoms with E-state index in [0.29, 0.717) is 13.1 Å². The predicted octanol–water partition coefficient (Wildman–Crippen LogP) is -0.872. The second kappa shape index (κ2) is 9.89. The fraction of sp³-hybridized carbons (Fsp3) is 0.667. The zero-order chi connectivity index (χ0) is 18.1. The molecular formula is C15H24N2O7. The molecule has 9 heteroatoms. The van der Waals surface area contributed by atoms with Gasteiger partial charge in [0.2, 0.25) is 0 Å². The van der Waals surface area contributed by atoms with Gasteiger partial charge in [0.25, 0.3) is 0 Å². The van der Waals surface area contributed by atoms with Gasteiger partial charge in [0.15, 0.2) is 0 Å². The lowest BCUT2D eigenvalue weighted by Crippen LogP contribution is -2.42. The summed E-state index contributed by atoms with van der Waals surface area (Å²) in [6.07, 6.45) is -0.461. The van der Waals surface area contributed by atoms with Crippen LogP contribution >= 0.6 is 0 Å². The molecule has 1 aliphatic rings. The summed E-state index contributed by atoms with van der Waals surface area (Å²) < 4.78 is 9.98. The first-order valence-electron chi connectivity index (χ1n) is 7.73. The first-order valence-corrected chi connectivity index (χ1v) is 7.73. The van der Waals surface area contributed by atoms with Crippen LogP contribution in [0.2, 0.25) is 0 Å². The number of nitrogens with zero attached hydrogens (tertiary/aromatic N) is 2. The summed E-state index contributed by atoms with van der Waals surface area (Å²) >= 11 is 0. The van der Waals surface area contributed by atoms with Gasteiger partial charge in [0, 0.05) is 25.6 Å². The number of carbonyl (C=O) groups excluding carboxylic acids is 3. The van der Waals surface area contributed by atoms with Crippen LogP contribution in [0.5, 0.6) is 0 Å². The summed E-state index contributed by atoms with van der Waals surface area (Å²) in [6.45, 7) is 4.98. The third kappa shape index (κ3) is 5.82. The Hall–Kier alpha value is -2.13. The molecule has 1 saturated heterocycles. The summed E-state index contributed by atoms with van der Waals surface area (Å²) in [4.78, 5) is 37.6. The van der Waals surface area contributed by atoms with Crippen LogP contribution in [0, 0.1) is 0 Å². The number of carbonyl (C=O) groups is 3. The van der Waals surface area contributed by atoms with Crippen LogP contribution < -0.4 is 0 Å². The van der Waals surface area contributed by atoms with Crippen molar-refractivity contribution in [3.63, 3.8) is 0 Å². The first kappa shape index (κ1) is 19.9. The van der Waals surface area contributed by atoms with Crippen LogP contribution in [-0.4, -0.2) is 89.6 Å². The van der Waals surface area contributed by atoms with Gasteiger partial charge in [-0.25, -0.2) is 9.59 Å². The van der Waals surface area contributed by atoms with E-state index in [1.165, 1.54) is 9.80 Å². The lowest BCUT2D eigenvalue weighted by Gasteiger charge is -2.24. The molecule has 2 N–H and O–H groups in total. The molecule has 0 aromatic carbocycles. The first-order chi connectivity index (χ1) is 11.4. The summed E-state index contributed by atoms with van der Waals surface area (Å²) in [7, 11) is 0. The number of aliphatic hydroxyl groups excluding tert-OH is 2. The van der Waals surface area contributed by atoms with Crippen molar-refractivity contribution in [1.82, 2.24) is 9.80 Å². The van der Waals surface area contributed by atoms with E-state index in [9.17, 15) is 24.6 Å². The molecule has 0 spiro atoms. The van der Waals surface area contributed by atoms with Crippen LogP contribution in [0.4, 0.5) is 4.79 Å². The second-order valence-corrected chi connectivity index (χ2v) is 5.27. The highest BCUT2D eigenvalue weighted by Crippen LogP contribution is 2.12. The van der Waals surface area contributed by atoms with E-state index in [4.69, 9.17) is 9.47 Å². The second-order valence-electron chi connectivity index (χ2n) is 5.27. The Morgan fingerprint density at radius 1 is 1.17 bits per heavy atom. The van der Waals surface area contributed by atoms with Crippen molar-refractivity contribution in [2.75, 3.05) is 39.4 Å². The molecule has 0 aromatic heterocycles. The number of amides is 2. The molecule has 2 unspecified atom stereocenters. The van der Waals surface area contributed by atoms with Crippen LogP contribution in [0.3, 0.4) is 0 Å². The van der Waals surface area contributed by atoms with Crippen molar-refractivity contribution < 1.29 is 34.1 Å². The SMILES string of the molecule is C=CC(=O)OC(CO)CN1CCN(CC(CO)OC(=O)CC)C1=O. The van der Waals surface area contributed by atoms with E-state index in [-0.39, 0.29) is 32.1 Å². The van der Waals surface area contributed by atoms with Crippen LogP contribution in [0.1, 0.15) is 13.3 Å². The van der Waals surface area contributed by atoms with Crippen LogP contribution in [-0.2, 0) is 19.1 Å². The summed E-state index contributed by atoms with van der Waals surface area (Å²) in [5.74, 6) is -1.13. The minimum Gasteiger partial charge on any atom is -0.458 e. The molecule has 1 aliphatic heterocycles. The van der Waals surface area contributed by atoms with Crippen molar-refractivity contribution in [2.45, 2.75) is 25.6 Å². The largest absolute Gasteiger partial charge is 0.458 e. The fourth-order valence-electron chi connectivity index (χ4n) is 2.21. The van der Waals surface area contributed by atoms with Gasteiger partial charge in [-0.05, 0) is 0 Å². The molecular weight excluding hydrogens is 320 g/mol. The lowest BCUT2D eigenvalue weighted by molar-refractivity contribution is -0.151. The number of aliphatic hydroxyl groups is 2. The number of esters is 2. The zero-order valence-corrected chi connectivity index (χ0v) is 13.7. The van der Waals surface area contributed by atoms with Gasteiger partial charge in [0.05, 0.1) is 26.3 Å². The highest BCUT2D eigenvalue weighted by Gasteiger charge is 2.32. The van der Waals surface area contributed by atoms with Gasteiger partial charge in [-0.3, -0.25) is 4.79 Å². The van der Waals surface area contributed by atoms with E-state index in [0.717, 1.165) is 6.08 Å². The molecule has 2 atom stereocenters. The van der Waals surface area contributed by atoms with E-state index < -0.39 is 30.8 Å². The average Bonchev–Trinajstić information content (AvgIpc) is 2.93. The molecule has 1 fully saturated rings. The zero-order valence-electron chi connectivity index (χ0n) is 13.7. The monoisotopic (exact) mass is 344 g/mol. The van der Waals surface area contributed by atoms with Gasteiger partial charge in [-0.15, -0.1) is 0 Å². The standard InChI is InChI=1S/C15H24N2O7/c1-3-13(20)23-11(9-18)7-16-5-6-17(15(16)22)8-12(10-19)24-14(21)4-2/h3,11-12,18-19H,1,4-10H2,2H3. The predicted molar refractivity (Wildman–Crippen MR) is 83.0 cm³/mol. The molecule has 0 bridgehead atoms. The van der Waals surface area contributed by atoms with Crippen molar-refractivity contribution >= 4 is 18.0 Å².